The lowest BCUT2D eigenvalue weighted by Gasteiger charge is -2.06. The Balaban J connectivity index is 2.25. The maximum Gasteiger partial charge on any atom is 0.118 e. The van der Waals surface area contributed by atoms with E-state index in [-0.39, 0.29) is 0 Å². The molecule has 1 aromatic rings. The van der Waals surface area contributed by atoms with Crippen LogP contribution in [0.15, 0.2) is 43.0 Å². The molecule has 0 spiro atoms. The molecule has 15 heavy (non-hydrogen) atoms. The van der Waals surface area contributed by atoms with Gasteiger partial charge in [0.2, 0.25) is 0 Å². The number of methoxy groups -OCH3 is 1. The smallest absolute Gasteiger partial charge is 0.118 e. The third-order valence-electron chi connectivity index (χ3n) is 2.74. The van der Waals surface area contributed by atoms with E-state index in [0.29, 0.717) is 0 Å². The van der Waals surface area contributed by atoms with Crippen molar-refractivity contribution < 1.29 is 4.74 Å². The van der Waals surface area contributed by atoms with Gasteiger partial charge in [0.05, 0.1) is 7.11 Å². The van der Waals surface area contributed by atoms with Gasteiger partial charge in [-0.2, -0.15) is 0 Å². The summed E-state index contributed by atoms with van der Waals surface area (Å²) in [7, 11) is 1.69. The molecule has 78 valence electrons. The van der Waals surface area contributed by atoms with Gasteiger partial charge in [0, 0.05) is 0 Å². The van der Waals surface area contributed by atoms with Crippen LogP contribution in [0, 0.1) is 5.92 Å². The number of benzene rings is 1. The van der Waals surface area contributed by atoms with Gasteiger partial charge in [-0.1, -0.05) is 30.9 Å². The zero-order valence-electron chi connectivity index (χ0n) is 9.07. The minimum atomic E-state index is 0.747. The number of hydrogen-bond donors (Lipinski definition) is 0. The standard InChI is InChI=1S/C14H16O/c1-3-4-14(11-5-6-11)12-7-9-13(15-2)10-8-12/h3-4,7-11H,1,5-6H2,2H3/b14-4+. The molecule has 1 nitrogen and oxygen atoms in total. The van der Waals surface area contributed by atoms with Crippen LogP contribution in [0.1, 0.15) is 18.4 Å². The van der Waals surface area contributed by atoms with E-state index in [1.807, 2.05) is 18.2 Å². The van der Waals surface area contributed by atoms with Crippen LogP contribution >= 0.6 is 0 Å². The molecule has 0 radical (unpaired) electrons. The van der Waals surface area contributed by atoms with Crippen molar-refractivity contribution in [3.63, 3.8) is 0 Å². The van der Waals surface area contributed by atoms with Gasteiger partial charge in [0.15, 0.2) is 0 Å². The lowest BCUT2D eigenvalue weighted by atomic mass is 10.0. The first-order chi connectivity index (χ1) is 7.35. The van der Waals surface area contributed by atoms with E-state index in [1.165, 1.54) is 24.0 Å². The number of hydrogen-bond acceptors (Lipinski definition) is 1. The highest BCUT2D eigenvalue weighted by atomic mass is 16.5. The average Bonchev–Trinajstić information content (AvgIpc) is 3.10. The minimum absolute atomic E-state index is 0.747. The fraction of sp³-hybridized carbons (Fsp3) is 0.286. The summed E-state index contributed by atoms with van der Waals surface area (Å²) in [6.07, 6.45) is 6.62. The van der Waals surface area contributed by atoms with E-state index < -0.39 is 0 Å². The van der Waals surface area contributed by atoms with E-state index in [0.717, 1.165) is 11.7 Å². The monoisotopic (exact) mass is 200 g/mol. The van der Waals surface area contributed by atoms with Gasteiger partial charge in [0.1, 0.15) is 5.75 Å². The van der Waals surface area contributed by atoms with Gasteiger partial charge < -0.3 is 4.74 Å². The van der Waals surface area contributed by atoms with Crippen LogP contribution < -0.4 is 4.74 Å². The highest BCUT2D eigenvalue weighted by Gasteiger charge is 2.26. The summed E-state index contributed by atoms with van der Waals surface area (Å²) in [6, 6.07) is 8.25. The fourth-order valence-corrected chi connectivity index (χ4v) is 1.77. The molecule has 1 heteroatoms. The van der Waals surface area contributed by atoms with Crippen LogP contribution in [-0.2, 0) is 0 Å². The van der Waals surface area contributed by atoms with Crippen molar-refractivity contribution in [2.45, 2.75) is 12.8 Å². The first-order valence-electron chi connectivity index (χ1n) is 5.32. The normalized spacial score (nSPS) is 16.2. The van der Waals surface area contributed by atoms with Crippen molar-refractivity contribution >= 4 is 5.57 Å². The van der Waals surface area contributed by atoms with Crippen molar-refractivity contribution in [1.29, 1.82) is 0 Å². The topological polar surface area (TPSA) is 9.23 Å². The summed E-state index contributed by atoms with van der Waals surface area (Å²) >= 11 is 0. The molecular formula is C14H16O. The quantitative estimate of drug-likeness (QED) is 0.674. The number of allylic oxidation sites excluding steroid dienone is 3. The second kappa shape index (κ2) is 4.35. The molecular weight excluding hydrogens is 184 g/mol. The molecule has 1 saturated carbocycles. The van der Waals surface area contributed by atoms with Crippen molar-refractivity contribution in [3.8, 4) is 5.75 Å². The van der Waals surface area contributed by atoms with E-state index in [4.69, 9.17) is 4.74 Å². The molecule has 0 amide bonds. The Kier molecular flexibility index (Phi) is 2.91. The Hall–Kier alpha value is -1.50. The average molecular weight is 200 g/mol. The van der Waals surface area contributed by atoms with Crippen LogP contribution in [0.3, 0.4) is 0 Å². The molecule has 0 bridgehead atoms. The largest absolute Gasteiger partial charge is 0.497 e. The summed E-state index contributed by atoms with van der Waals surface area (Å²) in [5.74, 6) is 1.66. The van der Waals surface area contributed by atoms with Gasteiger partial charge in [-0.25, -0.2) is 0 Å². The van der Waals surface area contributed by atoms with Crippen LogP contribution in [0.2, 0.25) is 0 Å². The molecule has 1 aromatic carbocycles. The maximum absolute atomic E-state index is 5.15. The van der Waals surface area contributed by atoms with Crippen LogP contribution in [0.5, 0.6) is 5.75 Å². The van der Waals surface area contributed by atoms with Crippen LogP contribution in [0.4, 0.5) is 0 Å². The summed E-state index contributed by atoms with van der Waals surface area (Å²) in [5, 5.41) is 0. The van der Waals surface area contributed by atoms with Gasteiger partial charge in [0.25, 0.3) is 0 Å². The molecule has 2 rings (SSSR count). The first kappa shape index (κ1) is 10.0. The molecule has 0 unspecified atom stereocenters. The van der Waals surface area contributed by atoms with E-state index in [1.54, 1.807) is 7.11 Å². The molecule has 0 saturated heterocycles. The van der Waals surface area contributed by atoms with Crippen LogP contribution in [0.25, 0.3) is 5.57 Å². The molecule has 0 heterocycles. The molecule has 0 N–H and O–H groups in total. The zero-order valence-corrected chi connectivity index (χ0v) is 9.07. The van der Waals surface area contributed by atoms with E-state index in [2.05, 4.69) is 24.8 Å². The zero-order chi connectivity index (χ0) is 10.7. The van der Waals surface area contributed by atoms with Crippen molar-refractivity contribution in [3.05, 3.63) is 48.6 Å². The van der Waals surface area contributed by atoms with Crippen LogP contribution in [-0.4, -0.2) is 7.11 Å². The molecule has 1 fully saturated rings. The second-order valence-electron chi connectivity index (χ2n) is 3.86. The Labute approximate surface area is 91.1 Å². The van der Waals surface area contributed by atoms with Gasteiger partial charge in [-0.05, 0) is 42.0 Å². The predicted octanol–water partition coefficient (Wildman–Crippen LogP) is 3.67. The molecule has 0 atom stereocenters. The molecule has 0 aromatic heterocycles. The molecule has 1 aliphatic rings. The van der Waals surface area contributed by atoms with Crippen molar-refractivity contribution in [2.75, 3.05) is 7.11 Å². The van der Waals surface area contributed by atoms with Gasteiger partial charge in [-0.3, -0.25) is 0 Å². The summed E-state index contributed by atoms with van der Waals surface area (Å²) < 4.78 is 5.15. The highest BCUT2D eigenvalue weighted by Crippen LogP contribution is 2.42. The Morgan fingerprint density at radius 1 is 1.33 bits per heavy atom. The predicted molar refractivity (Wildman–Crippen MR) is 63.9 cm³/mol. The SMILES string of the molecule is C=C/C=C(/c1ccc(OC)cc1)C1CC1. The fourth-order valence-electron chi connectivity index (χ4n) is 1.77. The van der Waals surface area contributed by atoms with Crippen molar-refractivity contribution in [2.24, 2.45) is 5.92 Å². The summed E-state index contributed by atoms with van der Waals surface area (Å²) in [6.45, 7) is 3.77. The number of ether oxygens (including phenoxy) is 1. The first-order valence-corrected chi connectivity index (χ1v) is 5.32. The van der Waals surface area contributed by atoms with E-state index >= 15 is 0 Å². The van der Waals surface area contributed by atoms with Gasteiger partial charge >= 0.3 is 0 Å². The third-order valence-corrected chi connectivity index (χ3v) is 2.74. The minimum Gasteiger partial charge on any atom is -0.497 e. The van der Waals surface area contributed by atoms with Crippen molar-refractivity contribution in [1.82, 2.24) is 0 Å². The number of rotatable bonds is 4. The summed E-state index contributed by atoms with van der Waals surface area (Å²) in [4.78, 5) is 0. The van der Waals surface area contributed by atoms with E-state index in [9.17, 15) is 0 Å². The molecule has 1 aliphatic carbocycles. The third kappa shape index (κ3) is 2.30. The molecule has 0 aliphatic heterocycles. The summed E-state index contributed by atoms with van der Waals surface area (Å²) in [5.41, 5.74) is 2.70. The Morgan fingerprint density at radius 3 is 2.47 bits per heavy atom. The maximum atomic E-state index is 5.15. The lowest BCUT2D eigenvalue weighted by Crippen LogP contribution is -1.88. The lowest BCUT2D eigenvalue weighted by molar-refractivity contribution is 0.415. The van der Waals surface area contributed by atoms with Gasteiger partial charge in [-0.15, -0.1) is 0 Å². The highest BCUT2D eigenvalue weighted by molar-refractivity contribution is 5.70. The second-order valence-corrected chi connectivity index (χ2v) is 3.86. The Morgan fingerprint density at radius 2 is 2.00 bits per heavy atom. The Bertz CT molecular complexity index is 369.